The fourth-order valence-corrected chi connectivity index (χ4v) is 2.79. The van der Waals surface area contributed by atoms with Crippen LogP contribution in [0.2, 0.25) is 0 Å². The monoisotopic (exact) mass is 410 g/mol. The number of nitrogens with zero attached hydrogens (tertiary/aromatic N) is 1. The fourth-order valence-electron chi connectivity index (χ4n) is 2.79. The molecule has 2 N–H and O–H groups in total. The number of carboxylic acids is 1. The molecule has 0 bridgehead atoms. The summed E-state index contributed by atoms with van der Waals surface area (Å²) in [6.07, 6.45) is 0.0173. The zero-order chi connectivity index (χ0) is 21.8. The number of nitrogens with one attached hydrogen (secondary N) is 1. The standard InChI is InChI=1S/C21H18N2O7/c1-12(20(26)27)30-17-13(7-6-10-16(17)29-2)11-15-18(24)22-21(28)23(19(15)25)14-8-4-3-5-9-14/h3-12H,1-2H3,(H,26,27)(H,22,24,28)/b15-11+/t12-/m0/s1. The Balaban J connectivity index is 2.07. The average molecular weight is 410 g/mol. The zero-order valence-corrected chi connectivity index (χ0v) is 16.1. The molecule has 0 saturated carbocycles. The number of anilines is 1. The Hall–Kier alpha value is -4.14. The van der Waals surface area contributed by atoms with Gasteiger partial charge in [-0.1, -0.05) is 30.3 Å². The Morgan fingerprint density at radius 1 is 1.10 bits per heavy atom. The van der Waals surface area contributed by atoms with E-state index in [1.807, 2.05) is 0 Å². The highest BCUT2D eigenvalue weighted by Crippen LogP contribution is 2.34. The topological polar surface area (TPSA) is 122 Å². The minimum Gasteiger partial charge on any atom is -0.493 e. The van der Waals surface area contributed by atoms with Crippen molar-refractivity contribution in [3.05, 3.63) is 59.7 Å². The van der Waals surface area contributed by atoms with E-state index in [-0.39, 0.29) is 22.6 Å². The summed E-state index contributed by atoms with van der Waals surface area (Å²) in [5.74, 6) is -2.64. The van der Waals surface area contributed by atoms with Gasteiger partial charge in [-0.25, -0.2) is 14.5 Å². The molecular weight excluding hydrogens is 392 g/mol. The van der Waals surface area contributed by atoms with E-state index >= 15 is 0 Å². The van der Waals surface area contributed by atoms with E-state index in [9.17, 15) is 19.2 Å². The molecule has 1 saturated heterocycles. The number of hydrogen-bond donors (Lipinski definition) is 2. The van der Waals surface area contributed by atoms with Crippen molar-refractivity contribution in [2.75, 3.05) is 12.0 Å². The van der Waals surface area contributed by atoms with E-state index in [2.05, 4.69) is 5.32 Å². The number of carboxylic acid groups (broad SMARTS) is 1. The van der Waals surface area contributed by atoms with E-state index in [1.54, 1.807) is 42.5 Å². The lowest BCUT2D eigenvalue weighted by molar-refractivity contribution is -0.144. The number of para-hydroxylation sites is 2. The molecule has 2 aromatic carbocycles. The molecular formula is C21H18N2O7. The summed E-state index contributed by atoms with van der Waals surface area (Å²) in [6.45, 7) is 1.33. The molecule has 1 atom stereocenters. The number of carbonyl (C=O) groups excluding carboxylic acids is 3. The summed E-state index contributed by atoms with van der Waals surface area (Å²) >= 11 is 0. The maximum absolute atomic E-state index is 13.0. The number of methoxy groups -OCH3 is 1. The van der Waals surface area contributed by atoms with E-state index in [4.69, 9.17) is 14.6 Å². The molecule has 154 valence electrons. The summed E-state index contributed by atoms with van der Waals surface area (Å²) in [5, 5.41) is 11.3. The Labute approximate surface area is 171 Å². The first-order valence-corrected chi connectivity index (χ1v) is 8.86. The number of urea groups is 1. The second-order valence-corrected chi connectivity index (χ2v) is 6.27. The molecule has 1 aliphatic rings. The molecule has 0 radical (unpaired) electrons. The predicted molar refractivity (Wildman–Crippen MR) is 106 cm³/mol. The largest absolute Gasteiger partial charge is 0.493 e. The van der Waals surface area contributed by atoms with Gasteiger partial charge in [0.2, 0.25) is 0 Å². The predicted octanol–water partition coefficient (Wildman–Crippen LogP) is 2.21. The Morgan fingerprint density at radius 3 is 2.43 bits per heavy atom. The number of barbiturate groups is 1. The molecule has 0 spiro atoms. The average Bonchev–Trinajstić information content (AvgIpc) is 2.72. The van der Waals surface area contributed by atoms with Gasteiger partial charge in [-0.05, 0) is 31.2 Å². The van der Waals surface area contributed by atoms with Gasteiger partial charge in [0.05, 0.1) is 12.8 Å². The van der Waals surface area contributed by atoms with Crippen LogP contribution < -0.4 is 19.7 Å². The smallest absolute Gasteiger partial charge is 0.344 e. The van der Waals surface area contributed by atoms with Crippen LogP contribution in [0.4, 0.5) is 10.5 Å². The lowest BCUT2D eigenvalue weighted by Gasteiger charge is -2.26. The van der Waals surface area contributed by atoms with Crippen LogP contribution in [-0.4, -0.2) is 42.1 Å². The van der Waals surface area contributed by atoms with Gasteiger partial charge < -0.3 is 14.6 Å². The van der Waals surface area contributed by atoms with Crippen LogP contribution in [0.15, 0.2) is 54.1 Å². The second-order valence-electron chi connectivity index (χ2n) is 6.27. The first-order valence-electron chi connectivity index (χ1n) is 8.86. The molecule has 0 aromatic heterocycles. The maximum Gasteiger partial charge on any atom is 0.344 e. The van der Waals surface area contributed by atoms with Crippen LogP contribution in [0.25, 0.3) is 6.08 Å². The third-order valence-electron chi connectivity index (χ3n) is 4.29. The minimum atomic E-state index is -1.21. The number of imide groups is 2. The molecule has 9 nitrogen and oxygen atoms in total. The van der Waals surface area contributed by atoms with Gasteiger partial charge in [0.25, 0.3) is 11.8 Å². The molecule has 1 fully saturated rings. The van der Waals surface area contributed by atoms with Crippen LogP contribution >= 0.6 is 0 Å². The second kappa shape index (κ2) is 8.48. The molecule has 4 amide bonds. The van der Waals surface area contributed by atoms with Crippen molar-refractivity contribution in [1.82, 2.24) is 5.32 Å². The van der Waals surface area contributed by atoms with Crippen molar-refractivity contribution >= 4 is 35.6 Å². The normalized spacial score (nSPS) is 16.3. The summed E-state index contributed by atoms with van der Waals surface area (Å²) in [6, 6.07) is 11.9. The van der Waals surface area contributed by atoms with Gasteiger partial charge in [0.15, 0.2) is 17.6 Å². The van der Waals surface area contributed by atoms with Crippen LogP contribution in [-0.2, 0) is 14.4 Å². The van der Waals surface area contributed by atoms with E-state index in [0.717, 1.165) is 4.90 Å². The number of aliphatic carboxylic acids is 1. The first-order chi connectivity index (χ1) is 14.3. The summed E-state index contributed by atoms with van der Waals surface area (Å²) < 4.78 is 10.7. The molecule has 0 aliphatic carbocycles. The van der Waals surface area contributed by atoms with Crippen molar-refractivity contribution < 1.29 is 33.8 Å². The minimum absolute atomic E-state index is 0.0474. The fraction of sp³-hybridized carbons (Fsp3) is 0.143. The Kier molecular flexibility index (Phi) is 5.82. The van der Waals surface area contributed by atoms with Crippen molar-refractivity contribution in [1.29, 1.82) is 0 Å². The highest BCUT2D eigenvalue weighted by atomic mass is 16.5. The van der Waals surface area contributed by atoms with E-state index in [1.165, 1.54) is 26.2 Å². The molecule has 1 aliphatic heterocycles. The molecule has 1 heterocycles. The lowest BCUT2D eigenvalue weighted by Crippen LogP contribution is -2.54. The van der Waals surface area contributed by atoms with Crippen molar-refractivity contribution in [2.45, 2.75) is 13.0 Å². The van der Waals surface area contributed by atoms with Crippen LogP contribution in [0.5, 0.6) is 11.5 Å². The van der Waals surface area contributed by atoms with Gasteiger partial charge in [0.1, 0.15) is 5.57 Å². The summed E-state index contributed by atoms with van der Waals surface area (Å²) in [4.78, 5) is 49.6. The number of amides is 4. The van der Waals surface area contributed by atoms with Crippen LogP contribution in [0.1, 0.15) is 12.5 Å². The molecule has 30 heavy (non-hydrogen) atoms. The number of ether oxygens (including phenoxy) is 2. The van der Waals surface area contributed by atoms with Gasteiger partial charge in [-0.2, -0.15) is 0 Å². The highest BCUT2D eigenvalue weighted by Gasteiger charge is 2.37. The number of carbonyl (C=O) groups is 4. The lowest BCUT2D eigenvalue weighted by atomic mass is 10.1. The molecule has 9 heteroatoms. The summed E-state index contributed by atoms with van der Waals surface area (Å²) in [7, 11) is 1.37. The van der Waals surface area contributed by atoms with Gasteiger partial charge in [0, 0.05) is 5.56 Å². The number of hydrogen-bond acceptors (Lipinski definition) is 6. The highest BCUT2D eigenvalue weighted by molar-refractivity contribution is 6.39. The summed E-state index contributed by atoms with van der Waals surface area (Å²) in [5.41, 5.74) is 0.211. The quantitative estimate of drug-likeness (QED) is 0.553. The SMILES string of the molecule is COc1cccc(/C=C2\C(=O)NC(=O)N(c3ccccc3)C2=O)c1O[C@@H](C)C(=O)O. The van der Waals surface area contributed by atoms with Gasteiger partial charge >= 0.3 is 12.0 Å². The van der Waals surface area contributed by atoms with Gasteiger partial charge in [-0.15, -0.1) is 0 Å². The Bertz CT molecular complexity index is 1050. The van der Waals surface area contributed by atoms with Crippen molar-refractivity contribution in [2.24, 2.45) is 0 Å². The Morgan fingerprint density at radius 2 is 1.80 bits per heavy atom. The molecule has 3 rings (SSSR count). The first kappa shape index (κ1) is 20.6. The van der Waals surface area contributed by atoms with Crippen molar-refractivity contribution in [3.63, 3.8) is 0 Å². The number of rotatable bonds is 6. The maximum atomic E-state index is 13.0. The third-order valence-corrected chi connectivity index (χ3v) is 4.29. The molecule has 0 unspecified atom stereocenters. The van der Waals surface area contributed by atoms with Gasteiger partial charge in [-0.3, -0.25) is 14.9 Å². The van der Waals surface area contributed by atoms with Crippen molar-refractivity contribution in [3.8, 4) is 11.5 Å². The number of benzene rings is 2. The van der Waals surface area contributed by atoms with Crippen LogP contribution in [0, 0.1) is 0 Å². The van der Waals surface area contributed by atoms with Crippen LogP contribution in [0.3, 0.4) is 0 Å². The van der Waals surface area contributed by atoms with E-state index < -0.39 is 29.9 Å². The third kappa shape index (κ3) is 4.00. The zero-order valence-electron chi connectivity index (χ0n) is 16.1. The molecule has 2 aromatic rings. The van der Waals surface area contributed by atoms with E-state index in [0.29, 0.717) is 5.69 Å².